The van der Waals surface area contributed by atoms with E-state index in [4.69, 9.17) is 5.11 Å². The van der Waals surface area contributed by atoms with Crippen molar-refractivity contribution in [2.24, 2.45) is 0 Å². The third-order valence-electron chi connectivity index (χ3n) is 3.43. The van der Waals surface area contributed by atoms with E-state index in [-0.39, 0.29) is 12.2 Å². The Labute approximate surface area is 121 Å². The maximum absolute atomic E-state index is 13.4. The van der Waals surface area contributed by atoms with Gasteiger partial charge in [-0.05, 0) is 52.1 Å². The fourth-order valence-corrected chi connectivity index (χ4v) is 2.53. The molecule has 104 valence electrons. The molecule has 3 heteroatoms. The highest BCUT2D eigenvalue weighted by atomic mass is 19.1. The molecular formula is C18H13FO2. The van der Waals surface area contributed by atoms with Crippen LogP contribution in [0.2, 0.25) is 0 Å². The zero-order valence-electron chi connectivity index (χ0n) is 11.2. The van der Waals surface area contributed by atoms with Crippen LogP contribution in [0, 0.1) is 5.82 Å². The number of aliphatic carboxylic acids is 1. The quantitative estimate of drug-likeness (QED) is 0.913. The Hall–Kier alpha value is -2.68. The van der Waals surface area contributed by atoms with Crippen LogP contribution in [0.25, 0.3) is 17.2 Å². The lowest BCUT2D eigenvalue weighted by molar-refractivity contribution is -0.135. The molecule has 0 aromatic heterocycles. The summed E-state index contributed by atoms with van der Waals surface area (Å²) >= 11 is 0. The first kappa shape index (κ1) is 13.3. The summed E-state index contributed by atoms with van der Waals surface area (Å²) in [5.74, 6) is -1.27. The van der Waals surface area contributed by atoms with E-state index in [1.54, 1.807) is 6.07 Å². The molecule has 1 N–H and O–H groups in total. The predicted molar refractivity (Wildman–Crippen MR) is 80.9 cm³/mol. The molecule has 0 fully saturated rings. The number of allylic oxidation sites excluding steroid dienone is 2. The molecule has 2 aromatic carbocycles. The van der Waals surface area contributed by atoms with Gasteiger partial charge >= 0.3 is 5.97 Å². The lowest BCUT2D eigenvalue weighted by atomic mass is 10.0. The molecule has 2 aromatic rings. The van der Waals surface area contributed by atoms with Crippen LogP contribution in [0.5, 0.6) is 0 Å². The SMILES string of the molecule is O=C(O)CC1=CC(=Cc2ccccc2)c2ccc(F)cc21. The number of carbonyl (C=O) groups is 1. The second kappa shape index (κ2) is 5.37. The molecule has 1 aliphatic carbocycles. The molecule has 0 saturated carbocycles. The molecule has 0 atom stereocenters. The lowest BCUT2D eigenvalue weighted by Gasteiger charge is -2.04. The number of halogens is 1. The van der Waals surface area contributed by atoms with Gasteiger partial charge in [-0.1, -0.05) is 36.4 Å². The first-order valence-corrected chi connectivity index (χ1v) is 6.63. The fourth-order valence-electron chi connectivity index (χ4n) is 2.53. The van der Waals surface area contributed by atoms with E-state index in [1.807, 2.05) is 42.5 Å². The van der Waals surface area contributed by atoms with Gasteiger partial charge in [-0.3, -0.25) is 4.79 Å². The molecule has 0 aliphatic heterocycles. The molecule has 0 unspecified atom stereocenters. The minimum atomic E-state index is -0.919. The Morgan fingerprint density at radius 2 is 1.86 bits per heavy atom. The summed E-state index contributed by atoms with van der Waals surface area (Å²) in [6.07, 6.45) is 3.69. The van der Waals surface area contributed by atoms with Crippen LogP contribution in [-0.4, -0.2) is 11.1 Å². The molecule has 0 radical (unpaired) electrons. The predicted octanol–water partition coefficient (Wildman–Crippen LogP) is 4.24. The van der Waals surface area contributed by atoms with Gasteiger partial charge in [0.15, 0.2) is 0 Å². The van der Waals surface area contributed by atoms with Crippen LogP contribution < -0.4 is 0 Å². The van der Waals surface area contributed by atoms with Crippen molar-refractivity contribution in [3.63, 3.8) is 0 Å². The van der Waals surface area contributed by atoms with Crippen LogP contribution in [0.4, 0.5) is 4.39 Å². The van der Waals surface area contributed by atoms with Gasteiger partial charge in [-0.2, -0.15) is 0 Å². The highest BCUT2D eigenvalue weighted by Crippen LogP contribution is 2.38. The Bertz CT molecular complexity index is 758. The smallest absolute Gasteiger partial charge is 0.307 e. The Balaban J connectivity index is 2.09. The van der Waals surface area contributed by atoms with Gasteiger partial charge < -0.3 is 5.11 Å². The van der Waals surface area contributed by atoms with Crippen molar-refractivity contribution >= 4 is 23.2 Å². The molecular weight excluding hydrogens is 267 g/mol. The highest BCUT2D eigenvalue weighted by molar-refractivity contribution is 6.04. The summed E-state index contributed by atoms with van der Waals surface area (Å²) in [6.45, 7) is 0. The number of rotatable bonds is 3. The number of hydrogen-bond donors (Lipinski definition) is 1. The summed E-state index contributed by atoms with van der Waals surface area (Å²) in [5.41, 5.74) is 4.11. The lowest BCUT2D eigenvalue weighted by Crippen LogP contribution is -1.96. The molecule has 0 bridgehead atoms. The molecule has 0 saturated heterocycles. The summed E-state index contributed by atoms with van der Waals surface area (Å²) < 4.78 is 13.4. The average molecular weight is 280 g/mol. The van der Waals surface area contributed by atoms with Gasteiger partial charge in [0.25, 0.3) is 0 Å². The van der Waals surface area contributed by atoms with Crippen molar-refractivity contribution in [1.29, 1.82) is 0 Å². The van der Waals surface area contributed by atoms with Gasteiger partial charge in [-0.15, -0.1) is 0 Å². The van der Waals surface area contributed by atoms with Gasteiger partial charge in [0.2, 0.25) is 0 Å². The molecule has 0 amide bonds. The topological polar surface area (TPSA) is 37.3 Å². The Morgan fingerprint density at radius 3 is 2.57 bits per heavy atom. The molecule has 1 aliphatic rings. The van der Waals surface area contributed by atoms with E-state index in [0.29, 0.717) is 11.1 Å². The van der Waals surface area contributed by atoms with Gasteiger partial charge in [0.05, 0.1) is 6.42 Å². The van der Waals surface area contributed by atoms with Crippen LogP contribution in [-0.2, 0) is 4.79 Å². The van der Waals surface area contributed by atoms with E-state index < -0.39 is 5.97 Å². The van der Waals surface area contributed by atoms with E-state index >= 15 is 0 Å². The van der Waals surface area contributed by atoms with Gasteiger partial charge in [0.1, 0.15) is 5.82 Å². The van der Waals surface area contributed by atoms with Gasteiger partial charge in [0, 0.05) is 0 Å². The third kappa shape index (κ3) is 2.77. The minimum absolute atomic E-state index is 0.109. The van der Waals surface area contributed by atoms with Crippen LogP contribution in [0.1, 0.15) is 23.1 Å². The largest absolute Gasteiger partial charge is 0.481 e. The number of carboxylic acid groups (broad SMARTS) is 1. The van der Waals surface area contributed by atoms with Crippen molar-refractivity contribution in [3.8, 4) is 0 Å². The first-order valence-electron chi connectivity index (χ1n) is 6.63. The summed E-state index contributed by atoms with van der Waals surface area (Å²) in [4.78, 5) is 11.0. The fraction of sp³-hybridized carbons (Fsp3) is 0.0556. The zero-order valence-corrected chi connectivity index (χ0v) is 11.2. The highest BCUT2D eigenvalue weighted by Gasteiger charge is 2.20. The summed E-state index contributed by atoms with van der Waals surface area (Å²) in [5, 5.41) is 8.99. The maximum Gasteiger partial charge on any atom is 0.307 e. The van der Waals surface area contributed by atoms with Crippen molar-refractivity contribution in [3.05, 3.63) is 77.1 Å². The van der Waals surface area contributed by atoms with Crippen molar-refractivity contribution in [2.45, 2.75) is 6.42 Å². The van der Waals surface area contributed by atoms with Crippen molar-refractivity contribution < 1.29 is 14.3 Å². The number of hydrogen-bond acceptors (Lipinski definition) is 1. The van der Waals surface area contributed by atoms with E-state index in [1.165, 1.54) is 12.1 Å². The average Bonchev–Trinajstić information content (AvgIpc) is 2.77. The van der Waals surface area contributed by atoms with Crippen LogP contribution in [0.3, 0.4) is 0 Å². The normalized spacial score (nSPS) is 14.9. The number of carboxylic acids is 1. The Morgan fingerprint density at radius 1 is 1.10 bits per heavy atom. The number of benzene rings is 2. The molecule has 0 spiro atoms. The monoisotopic (exact) mass is 280 g/mol. The summed E-state index contributed by atoms with van der Waals surface area (Å²) in [7, 11) is 0. The zero-order chi connectivity index (χ0) is 14.8. The molecule has 0 heterocycles. The molecule has 21 heavy (non-hydrogen) atoms. The summed E-state index contributed by atoms with van der Waals surface area (Å²) in [6, 6.07) is 14.3. The third-order valence-corrected chi connectivity index (χ3v) is 3.43. The van der Waals surface area contributed by atoms with E-state index in [0.717, 1.165) is 16.7 Å². The van der Waals surface area contributed by atoms with Crippen molar-refractivity contribution in [1.82, 2.24) is 0 Å². The standard InChI is InChI=1S/C18H13FO2/c19-15-6-7-16-13(8-12-4-2-1-3-5-12)9-14(10-18(20)21)17(16)11-15/h1-9,11H,10H2,(H,20,21). The van der Waals surface area contributed by atoms with Crippen LogP contribution in [0.15, 0.2) is 54.6 Å². The maximum atomic E-state index is 13.4. The van der Waals surface area contributed by atoms with E-state index in [9.17, 15) is 9.18 Å². The van der Waals surface area contributed by atoms with E-state index in [2.05, 4.69) is 0 Å². The van der Waals surface area contributed by atoms with Gasteiger partial charge in [-0.25, -0.2) is 4.39 Å². The first-order chi connectivity index (χ1) is 10.1. The Kier molecular flexibility index (Phi) is 3.40. The number of fused-ring (bicyclic) bond motifs is 1. The van der Waals surface area contributed by atoms with Crippen molar-refractivity contribution in [2.75, 3.05) is 0 Å². The molecule has 3 rings (SSSR count). The second-order valence-electron chi connectivity index (χ2n) is 4.94. The van der Waals surface area contributed by atoms with Crippen LogP contribution >= 0.6 is 0 Å². The minimum Gasteiger partial charge on any atom is -0.481 e. The molecule has 2 nitrogen and oxygen atoms in total. The second-order valence-corrected chi connectivity index (χ2v) is 4.94.